The Balaban J connectivity index is 2.72. The number of carbonyl (C=O) groups excluding carboxylic acids is 1. The van der Waals surface area contributed by atoms with Gasteiger partial charge in [0.05, 0.1) is 23.5 Å². The molecule has 0 saturated carbocycles. The van der Waals surface area contributed by atoms with E-state index in [0.717, 1.165) is 0 Å². The number of hydrogen-bond acceptors (Lipinski definition) is 3. The van der Waals surface area contributed by atoms with Crippen LogP contribution in [0.4, 0.5) is 0 Å². The molecule has 1 aromatic heterocycles. The molecular weight excluding hydrogens is 326 g/mol. The highest BCUT2D eigenvalue weighted by molar-refractivity contribution is 9.09. The minimum atomic E-state index is -0.305. The predicted octanol–water partition coefficient (Wildman–Crippen LogP) is 1.75. The Hall–Kier alpha value is -0.490. The molecule has 0 saturated heterocycles. The van der Waals surface area contributed by atoms with Crippen LogP contribution in [0, 0.1) is 0 Å². The standard InChI is InChI=1S/C9H11Br2N3O/c1-9(5-10,6-11)14-8(15)7-2-3-12-13-4-7/h2-4H,5-6H2,1H3,(H,14,15). The van der Waals surface area contributed by atoms with E-state index in [4.69, 9.17) is 0 Å². The third kappa shape index (κ3) is 3.53. The van der Waals surface area contributed by atoms with Crippen molar-refractivity contribution in [3.05, 3.63) is 24.0 Å². The largest absolute Gasteiger partial charge is 0.345 e. The summed E-state index contributed by atoms with van der Waals surface area (Å²) in [7, 11) is 0. The molecule has 0 aliphatic carbocycles. The summed E-state index contributed by atoms with van der Waals surface area (Å²) in [5.74, 6) is -0.147. The van der Waals surface area contributed by atoms with Gasteiger partial charge in [-0.05, 0) is 13.0 Å². The zero-order valence-corrected chi connectivity index (χ0v) is 11.4. The molecular formula is C9H11Br2N3O. The van der Waals surface area contributed by atoms with Gasteiger partial charge < -0.3 is 5.32 Å². The van der Waals surface area contributed by atoms with E-state index in [1.807, 2.05) is 6.92 Å². The second-order valence-electron chi connectivity index (χ2n) is 3.41. The van der Waals surface area contributed by atoms with Crippen molar-refractivity contribution in [3.63, 3.8) is 0 Å². The molecule has 6 heteroatoms. The number of carbonyl (C=O) groups is 1. The van der Waals surface area contributed by atoms with Gasteiger partial charge in [-0.1, -0.05) is 31.9 Å². The smallest absolute Gasteiger partial charge is 0.253 e. The Kier molecular flexibility index (Phi) is 4.66. The van der Waals surface area contributed by atoms with Crippen molar-refractivity contribution in [1.82, 2.24) is 15.5 Å². The van der Waals surface area contributed by atoms with Gasteiger partial charge in [0.15, 0.2) is 0 Å². The molecule has 0 aliphatic rings. The third-order valence-electron chi connectivity index (χ3n) is 1.85. The van der Waals surface area contributed by atoms with E-state index in [9.17, 15) is 4.79 Å². The van der Waals surface area contributed by atoms with Gasteiger partial charge in [-0.3, -0.25) is 4.79 Å². The number of nitrogens with zero attached hydrogens (tertiary/aromatic N) is 2. The Morgan fingerprint density at radius 2 is 2.13 bits per heavy atom. The summed E-state index contributed by atoms with van der Waals surface area (Å²) in [5.41, 5.74) is 0.207. The number of halogens is 2. The van der Waals surface area contributed by atoms with Crippen molar-refractivity contribution in [2.75, 3.05) is 10.7 Å². The van der Waals surface area contributed by atoms with Gasteiger partial charge in [0.1, 0.15) is 0 Å². The number of nitrogens with one attached hydrogen (secondary N) is 1. The fraction of sp³-hybridized carbons (Fsp3) is 0.444. The second kappa shape index (κ2) is 5.55. The van der Waals surface area contributed by atoms with Crippen molar-refractivity contribution in [2.45, 2.75) is 12.5 Å². The van der Waals surface area contributed by atoms with Crippen LogP contribution in [0.25, 0.3) is 0 Å². The molecule has 1 N–H and O–H groups in total. The first-order valence-electron chi connectivity index (χ1n) is 4.32. The van der Waals surface area contributed by atoms with Gasteiger partial charge in [-0.25, -0.2) is 0 Å². The number of amides is 1. The molecule has 1 rings (SSSR count). The Morgan fingerprint density at radius 1 is 1.47 bits per heavy atom. The van der Waals surface area contributed by atoms with Crippen LogP contribution < -0.4 is 5.32 Å². The molecule has 1 heterocycles. The minimum Gasteiger partial charge on any atom is -0.345 e. The summed E-state index contributed by atoms with van der Waals surface area (Å²) in [6.45, 7) is 1.95. The lowest BCUT2D eigenvalue weighted by molar-refractivity contribution is 0.0922. The first kappa shape index (κ1) is 12.6. The maximum atomic E-state index is 11.8. The van der Waals surface area contributed by atoms with Gasteiger partial charge in [0.2, 0.25) is 0 Å². The van der Waals surface area contributed by atoms with Crippen LogP contribution in [0.5, 0.6) is 0 Å². The molecule has 0 atom stereocenters. The van der Waals surface area contributed by atoms with Gasteiger partial charge in [-0.2, -0.15) is 10.2 Å². The molecule has 1 aromatic rings. The van der Waals surface area contributed by atoms with Crippen LogP contribution >= 0.6 is 31.9 Å². The van der Waals surface area contributed by atoms with E-state index in [-0.39, 0.29) is 11.4 Å². The summed E-state index contributed by atoms with van der Waals surface area (Å²) in [5, 5.41) is 11.5. The van der Waals surface area contributed by atoms with Gasteiger partial charge in [0.25, 0.3) is 5.91 Å². The zero-order valence-electron chi connectivity index (χ0n) is 8.20. The van der Waals surface area contributed by atoms with Crippen LogP contribution in [0.3, 0.4) is 0 Å². The Bertz CT molecular complexity index is 327. The maximum Gasteiger partial charge on any atom is 0.253 e. The van der Waals surface area contributed by atoms with Crippen molar-refractivity contribution in [3.8, 4) is 0 Å². The number of aromatic nitrogens is 2. The Labute approximate surface area is 105 Å². The molecule has 0 aromatic carbocycles. The fourth-order valence-corrected chi connectivity index (χ4v) is 2.08. The van der Waals surface area contributed by atoms with Crippen molar-refractivity contribution < 1.29 is 4.79 Å². The Morgan fingerprint density at radius 3 is 2.60 bits per heavy atom. The summed E-state index contributed by atoms with van der Waals surface area (Å²) >= 11 is 6.72. The van der Waals surface area contributed by atoms with Crippen molar-refractivity contribution in [1.29, 1.82) is 0 Å². The second-order valence-corrected chi connectivity index (χ2v) is 4.53. The van der Waals surface area contributed by atoms with E-state index in [1.54, 1.807) is 6.07 Å². The summed E-state index contributed by atoms with van der Waals surface area (Å²) in [6.07, 6.45) is 2.94. The molecule has 1 amide bonds. The maximum absolute atomic E-state index is 11.8. The topological polar surface area (TPSA) is 54.9 Å². The van der Waals surface area contributed by atoms with Crippen LogP contribution in [-0.4, -0.2) is 32.3 Å². The van der Waals surface area contributed by atoms with Crippen LogP contribution in [0.15, 0.2) is 18.5 Å². The third-order valence-corrected chi connectivity index (χ3v) is 4.33. The predicted molar refractivity (Wildman–Crippen MR) is 65.5 cm³/mol. The highest BCUT2D eigenvalue weighted by Crippen LogP contribution is 2.12. The number of hydrogen-bond donors (Lipinski definition) is 1. The molecule has 82 valence electrons. The lowest BCUT2D eigenvalue weighted by Crippen LogP contribution is -2.48. The average molecular weight is 337 g/mol. The normalized spacial score (nSPS) is 11.1. The summed E-state index contributed by atoms with van der Waals surface area (Å²) in [4.78, 5) is 11.8. The van der Waals surface area contributed by atoms with Gasteiger partial charge in [0, 0.05) is 10.7 Å². The molecule has 0 aliphatic heterocycles. The molecule has 0 spiro atoms. The molecule has 15 heavy (non-hydrogen) atoms. The quantitative estimate of drug-likeness (QED) is 0.852. The van der Waals surface area contributed by atoms with E-state index < -0.39 is 0 Å². The SMILES string of the molecule is CC(CBr)(CBr)NC(=O)c1ccnnc1. The van der Waals surface area contributed by atoms with E-state index in [2.05, 4.69) is 47.4 Å². The molecule has 0 unspecified atom stereocenters. The average Bonchev–Trinajstić information content (AvgIpc) is 2.30. The van der Waals surface area contributed by atoms with Crippen LogP contribution in [0.1, 0.15) is 17.3 Å². The fourth-order valence-electron chi connectivity index (χ4n) is 0.874. The van der Waals surface area contributed by atoms with Gasteiger partial charge >= 0.3 is 0 Å². The molecule has 0 fully saturated rings. The van der Waals surface area contributed by atoms with E-state index in [0.29, 0.717) is 16.2 Å². The molecule has 0 radical (unpaired) electrons. The van der Waals surface area contributed by atoms with Crippen LogP contribution in [-0.2, 0) is 0 Å². The van der Waals surface area contributed by atoms with Crippen LogP contribution in [0.2, 0.25) is 0 Å². The molecule has 4 nitrogen and oxygen atoms in total. The lowest BCUT2D eigenvalue weighted by atomic mass is 10.1. The summed E-state index contributed by atoms with van der Waals surface area (Å²) < 4.78 is 0. The van der Waals surface area contributed by atoms with E-state index >= 15 is 0 Å². The van der Waals surface area contributed by atoms with Crippen molar-refractivity contribution >= 4 is 37.8 Å². The molecule has 0 bridgehead atoms. The zero-order chi connectivity index (χ0) is 11.3. The van der Waals surface area contributed by atoms with Gasteiger partial charge in [-0.15, -0.1) is 0 Å². The number of alkyl halides is 2. The number of rotatable bonds is 4. The minimum absolute atomic E-state index is 0.147. The summed E-state index contributed by atoms with van der Waals surface area (Å²) in [6, 6.07) is 1.63. The van der Waals surface area contributed by atoms with E-state index in [1.165, 1.54) is 12.4 Å². The highest BCUT2D eigenvalue weighted by atomic mass is 79.9. The van der Waals surface area contributed by atoms with Crippen molar-refractivity contribution in [2.24, 2.45) is 0 Å². The first-order chi connectivity index (χ1) is 7.11. The highest BCUT2D eigenvalue weighted by Gasteiger charge is 2.24. The first-order valence-corrected chi connectivity index (χ1v) is 6.57. The monoisotopic (exact) mass is 335 g/mol. The lowest BCUT2D eigenvalue weighted by Gasteiger charge is -2.26.